The van der Waals surface area contributed by atoms with Gasteiger partial charge in [-0.1, -0.05) is 76.9 Å². The summed E-state index contributed by atoms with van der Waals surface area (Å²) in [6.45, 7) is 12.0. The molecule has 0 heterocycles. The van der Waals surface area contributed by atoms with E-state index in [4.69, 9.17) is 0 Å². The molecule has 210 valence electrons. The molecule has 3 unspecified atom stereocenters. The Morgan fingerprint density at radius 1 is 1.00 bits per heavy atom. The lowest BCUT2D eigenvalue weighted by Crippen LogP contribution is -2.30. The van der Waals surface area contributed by atoms with Gasteiger partial charge in [0.2, 0.25) is 0 Å². The normalized spacial score (nSPS) is 16.6. The van der Waals surface area contributed by atoms with E-state index >= 15 is 0 Å². The maximum absolute atomic E-state index is 13.7. The zero-order valence-corrected chi connectivity index (χ0v) is 24.8. The summed E-state index contributed by atoms with van der Waals surface area (Å²) in [7, 11) is 0. The number of hydrogen-bond donors (Lipinski definition) is 0. The van der Waals surface area contributed by atoms with E-state index in [9.17, 15) is 19.2 Å². The van der Waals surface area contributed by atoms with Crippen LogP contribution in [0.5, 0.6) is 0 Å². The molecule has 0 fully saturated rings. The number of ketones is 4. The molecule has 0 saturated heterocycles. The lowest BCUT2D eigenvalue weighted by atomic mass is 9.70. The van der Waals surface area contributed by atoms with Crippen molar-refractivity contribution in [2.24, 2.45) is 17.8 Å². The highest BCUT2D eigenvalue weighted by molar-refractivity contribution is 6.01. The molecule has 4 nitrogen and oxygen atoms in total. The highest BCUT2D eigenvalue weighted by atomic mass is 16.1. The summed E-state index contributed by atoms with van der Waals surface area (Å²) in [4.78, 5) is 51.2. The van der Waals surface area contributed by atoms with E-state index in [1.807, 2.05) is 44.2 Å². The Balaban J connectivity index is 1.87. The molecule has 0 amide bonds. The monoisotopic (exact) mass is 530 g/mol. The quantitative estimate of drug-likeness (QED) is 0.236. The van der Waals surface area contributed by atoms with Gasteiger partial charge in [0, 0.05) is 30.7 Å². The van der Waals surface area contributed by atoms with Gasteiger partial charge in [-0.15, -0.1) is 0 Å². The van der Waals surface area contributed by atoms with Crippen molar-refractivity contribution in [3.63, 3.8) is 0 Å². The minimum atomic E-state index is -0.130. The molecule has 0 N–H and O–H groups in total. The minimum Gasteiger partial charge on any atom is -0.300 e. The van der Waals surface area contributed by atoms with Gasteiger partial charge in [0.1, 0.15) is 17.3 Å². The Morgan fingerprint density at radius 2 is 1.69 bits per heavy atom. The third-order valence-corrected chi connectivity index (χ3v) is 8.48. The van der Waals surface area contributed by atoms with Gasteiger partial charge < -0.3 is 0 Å². The number of carbonyl (C=O) groups is 4. The van der Waals surface area contributed by atoms with Crippen LogP contribution in [0.15, 0.2) is 36.4 Å². The first-order chi connectivity index (χ1) is 18.5. The van der Waals surface area contributed by atoms with Crippen LogP contribution in [0, 0.1) is 24.7 Å². The smallest absolute Gasteiger partial charge is 0.163 e. The molecule has 39 heavy (non-hydrogen) atoms. The first-order valence-electron chi connectivity index (χ1n) is 14.8. The van der Waals surface area contributed by atoms with Gasteiger partial charge in [-0.05, 0) is 78.7 Å². The number of fused-ring (bicyclic) bond motifs is 1. The lowest BCUT2D eigenvalue weighted by Gasteiger charge is -2.33. The van der Waals surface area contributed by atoms with Gasteiger partial charge in [-0.2, -0.15) is 0 Å². The van der Waals surface area contributed by atoms with Crippen molar-refractivity contribution in [1.29, 1.82) is 0 Å². The predicted octanol–water partition coefficient (Wildman–Crippen LogP) is 7.60. The van der Waals surface area contributed by atoms with Crippen molar-refractivity contribution >= 4 is 23.1 Å². The third-order valence-electron chi connectivity index (χ3n) is 8.48. The summed E-state index contributed by atoms with van der Waals surface area (Å²) in [5.41, 5.74) is 6.06. The molecule has 0 aromatic heterocycles. The first-order valence-corrected chi connectivity index (χ1v) is 14.8. The summed E-state index contributed by atoms with van der Waals surface area (Å²) in [5, 5.41) is 0. The second-order valence-corrected chi connectivity index (χ2v) is 12.0. The van der Waals surface area contributed by atoms with Crippen LogP contribution in [0.4, 0.5) is 0 Å². The van der Waals surface area contributed by atoms with E-state index in [1.54, 1.807) is 0 Å². The van der Waals surface area contributed by atoms with Crippen molar-refractivity contribution in [3.05, 3.63) is 69.8 Å². The zero-order valence-electron chi connectivity index (χ0n) is 24.8. The SMILES string of the molecule is CCCC(CC1CC(=O)c2c(C)c(CC(=O)Cc3ccccc3)cc(C(C)C)c2C1)C(CC)C(=O)CC(C)=O. The minimum absolute atomic E-state index is 0.00755. The molecule has 4 heteroatoms. The Morgan fingerprint density at radius 3 is 2.28 bits per heavy atom. The van der Waals surface area contributed by atoms with Gasteiger partial charge in [-0.3, -0.25) is 19.2 Å². The van der Waals surface area contributed by atoms with Crippen molar-refractivity contribution in [2.45, 2.75) is 105 Å². The van der Waals surface area contributed by atoms with E-state index in [0.717, 1.165) is 59.9 Å². The van der Waals surface area contributed by atoms with Crippen LogP contribution in [0.25, 0.3) is 0 Å². The molecule has 0 spiro atoms. The molecule has 1 aliphatic carbocycles. The molecule has 2 aromatic carbocycles. The zero-order chi connectivity index (χ0) is 28.7. The van der Waals surface area contributed by atoms with Gasteiger partial charge in [-0.25, -0.2) is 0 Å². The second kappa shape index (κ2) is 14.0. The fraction of sp³-hybridized carbons (Fsp3) is 0.543. The topological polar surface area (TPSA) is 68.3 Å². The number of benzene rings is 2. The van der Waals surface area contributed by atoms with E-state index in [2.05, 4.69) is 26.8 Å². The van der Waals surface area contributed by atoms with Crippen molar-refractivity contribution in [2.75, 3.05) is 0 Å². The van der Waals surface area contributed by atoms with Crippen LogP contribution in [0.1, 0.15) is 117 Å². The standard InChI is InChI=1S/C35H46O4/c1-7-12-27(30(8-2)33(38)15-23(5)36)16-26-18-32-31(22(3)4)21-28(24(6)35(32)34(39)19-26)20-29(37)17-25-13-10-9-11-14-25/h9-11,13-14,21-22,26-27,30H,7-8,12,15-20H2,1-6H3. The van der Waals surface area contributed by atoms with E-state index in [1.165, 1.54) is 12.5 Å². The molecule has 3 atom stereocenters. The average molecular weight is 531 g/mol. The van der Waals surface area contributed by atoms with E-state index < -0.39 is 0 Å². The Labute approximate surface area is 235 Å². The molecule has 0 aliphatic heterocycles. The van der Waals surface area contributed by atoms with Gasteiger partial charge >= 0.3 is 0 Å². The van der Waals surface area contributed by atoms with Crippen LogP contribution in [-0.4, -0.2) is 23.1 Å². The maximum Gasteiger partial charge on any atom is 0.163 e. The summed E-state index contributed by atoms with van der Waals surface area (Å²) in [6, 6.07) is 12.0. The van der Waals surface area contributed by atoms with Gasteiger partial charge in [0.15, 0.2) is 5.78 Å². The fourth-order valence-electron chi connectivity index (χ4n) is 6.68. The van der Waals surface area contributed by atoms with Gasteiger partial charge in [0.25, 0.3) is 0 Å². The molecule has 3 rings (SSSR count). The summed E-state index contributed by atoms with van der Waals surface area (Å²) in [5.74, 6) is 0.767. The fourth-order valence-corrected chi connectivity index (χ4v) is 6.68. The van der Waals surface area contributed by atoms with Crippen LogP contribution in [0.2, 0.25) is 0 Å². The largest absolute Gasteiger partial charge is 0.300 e. The van der Waals surface area contributed by atoms with Crippen LogP contribution >= 0.6 is 0 Å². The molecule has 2 aromatic rings. The average Bonchev–Trinajstić information content (AvgIpc) is 2.86. The summed E-state index contributed by atoms with van der Waals surface area (Å²) < 4.78 is 0. The number of Topliss-reactive ketones (excluding diaryl/α,β-unsaturated/α-hetero) is 4. The molecule has 0 radical (unpaired) electrons. The third kappa shape index (κ3) is 7.84. The number of hydrogen-bond acceptors (Lipinski definition) is 4. The Bertz CT molecular complexity index is 1190. The van der Waals surface area contributed by atoms with Crippen molar-refractivity contribution in [3.8, 4) is 0 Å². The van der Waals surface area contributed by atoms with Crippen molar-refractivity contribution < 1.29 is 19.2 Å². The molecular weight excluding hydrogens is 484 g/mol. The highest BCUT2D eigenvalue weighted by Crippen LogP contribution is 2.40. The molecule has 0 saturated carbocycles. The first kappa shape index (κ1) is 30.7. The molecule has 0 bridgehead atoms. The highest BCUT2D eigenvalue weighted by Gasteiger charge is 2.34. The van der Waals surface area contributed by atoms with Crippen LogP contribution < -0.4 is 0 Å². The van der Waals surface area contributed by atoms with Crippen LogP contribution in [0.3, 0.4) is 0 Å². The van der Waals surface area contributed by atoms with E-state index in [-0.39, 0.29) is 53.2 Å². The van der Waals surface area contributed by atoms with Crippen molar-refractivity contribution in [1.82, 2.24) is 0 Å². The second-order valence-electron chi connectivity index (χ2n) is 12.0. The van der Waals surface area contributed by atoms with E-state index in [0.29, 0.717) is 19.3 Å². The Kier molecular flexibility index (Phi) is 11.0. The number of rotatable bonds is 14. The summed E-state index contributed by atoms with van der Waals surface area (Å²) >= 11 is 0. The predicted molar refractivity (Wildman–Crippen MR) is 157 cm³/mol. The molecular formula is C35H46O4. The van der Waals surface area contributed by atoms with Crippen LogP contribution in [-0.2, 0) is 33.6 Å². The van der Waals surface area contributed by atoms with Gasteiger partial charge in [0.05, 0.1) is 6.42 Å². The summed E-state index contributed by atoms with van der Waals surface area (Å²) in [6.07, 6.45) is 5.49. The molecule has 1 aliphatic rings. The number of carbonyl (C=O) groups excluding carboxylic acids is 4. The lowest BCUT2D eigenvalue weighted by molar-refractivity contribution is -0.130. The Hall–Kier alpha value is -2.88. The maximum atomic E-state index is 13.7.